The van der Waals surface area contributed by atoms with Crippen molar-refractivity contribution in [2.24, 2.45) is 0 Å². The Balaban J connectivity index is 2.32. The first-order valence-corrected chi connectivity index (χ1v) is 3.50. The molecule has 1 aliphatic heterocycles. The molecule has 0 aliphatic carbocycles. The maximum absolute atomic E-state index is 10.5. The van der Waals surface area contributed by atoms with Crippen molar-refractivity contribution in [3.05, 3.63) is 0 Å². The van der Waals surface area contributed by atoms with Gasteiger partial charge in [0.1, 0.15) is 0 Å². The summed E-state index contributed by atoms with van der Waals surface area (Å²) in [7, 11) is 1.64. The van der Waals surface area contributed by atoms with Crippen molar-refractivity contribution in [1.29, 1.82) is 0 Å². The van der Waals surface area contributed by atoms with Crippen molar-refractivity contribution in [3.8, 4) is 0 Å². The molecule has 1 heterocycles. The topological polar surface area (TPSA) is 26.3 Å². The Bertz CT molecular complexity index is 103. The van der Waals surface area contributed by atoms with E-state index < -0.39 is 0 Å². The smallest absolute Gasteiger partial charge is 0.191 e. The van der Waals surface area contributed by atoms with Crippen LogP contribution in [0.2, 0.25) is 0 Å². The van der Waals surface area contributed by atoms with Gasteiger partial charge in [-0.1, -0.05) is 11.8 Å². The van der Waals surface area contributed by atoms with Crippen LogP contribution in [-0.2, 0) is 9.53 Å². The van der Waals surface area contributed by atoms with Gasteiger partial charge in [-0.05, 0) is 0 Å². The molecule has 1 rings (SSSR count). The van der Waals surface area contributed by atoms with Crippen LogP contribution in [0.3, 0.4) is 0 Å². The standard InChI is InChI=1S/C5H8O2S/c1-7-4-2-5(6)8-3-4/h4H,2-3H2,1H3. The van der Waals surface area contributed by atoms with Crippen molar-refractivity contribution in [2.75, 3.05) is 12.9 Å². The van der Waals surface area contributed by atoms with Crippen LogP contribution >= 0.6 is 11.8 Å². The number of methoxy groups -OCH3 is 1. The zero-order chi connectivity index (χ0) is 5.98. The Morgan fingerprint density at radius 2 is 2.62 bits per heavy atom. The van der Waals surface area contributed by atoms with Crippen molar-refractivity contribution < 1.29 is 9.53 Å². The highest BCUT2D eigenvalue weighted by Gasteiger charge is 2.21. The Morgan fingerprint density at radius 3 is 2.88 bits per heavy atom. The number of ether oxygens (including phenoxy) is 1. The molecule has 46 valence electrons. The summed E-state index contributed by atoms with van der Waals surface area (Å²) in [5.74, 6) is 0.843. The van der Waals surface area contributed by atoms with Crippen LogP contribution in [-0.4, -0.2) is 24.1 Å². The lowest BCUT2D eigenvalue weighted by Crippen LogP contribution is -2.07. The van der Waals surface area contributed by atoms with Gasteiger partial charge in [0.15, 0.2) is 5.12 Å². The summed E-state index contributed by atoms with van der Waals surface area (Å²) >= 11 is 1.37. The van der Waals surface area contributed by atoms with Crippen LogP contribution in [0.25, 0.3) is 0 Å². The van der Waals surface area contributed by atoms with Gasteiger partial charge < -0.3 is 4.74 Å². The van der Waals surface area contributed by atoms with Crippen LogP contribution < -0.4 is 0 Å². The van der Waals surface area contributed by atoms with E-state index in [0.717, 1.165) is 5.75 Å². The van der Waals surface area contributed by atoms with Crippen molar-refractivity contribution in [1.82, 2.24) is 0 Å². The molecule has 0 N–H and O–H groups in total. The summed E-state index contributed by atoms with van der Waals surface area (Å²) in [5, 5.41) is 0.261. The average molecular weight is 132 g/mol. The third-order valence-electron chi connectivity index (χ3n) is 1.16. The molecule has 0 spiro atoms. The molecule has 0 aromatic rings. The summed E-state index contributed by atoms with van der Waals surface area (Å²) < 4.78 is 4.94. The van der Waals surface area contributed by atoms with Gasteiger partial charge in [0.25, 0.3) is 0 Å². The first kappa shape index (κ1) is 6.11. The quantitative estimate of drug-likeness (QED) is 0.524. The first-order valence-electron chi connectivity index (χ1n) is 2.51. The van der Waals surface area contributed by atoms with Gasteiger partial charge in [-0.3, -0.25) is 4.79 Å². The van der Waals surface area contributed by atoms with E-state index >= 15 is 0 Å². The normalized spacial score (nSPS) is 29.1. The van der Waals surface area contributed by atoms with Crippen LogP contribution in [0.1, 0.15) is 6.42 Å². The van der Waals surface area contributed by atoms with Crippen molar-refractivity contribution in [3.63, 3.8) is 0 Å². The molecule has 0 radical (unpaired) electrons. The molecule has 1 atom stereocenters. The monoisotopic (exact) mass is 132 g/mol. The number of hydrogen-bond acceptors (Lipinski definition) is 3. The molecule has 1 fully saturated rings. The lowest BCUT2D eigenvalue weighted by Gasteiger charge is -2.00. The Morgan fingerprint density at radius 1 is 1.88 bits per heavy atom. The Hall–Kier alpha value is -0.0200. The molecule has 0 bridgehead atoms. The maximum Gasteiger partial charge on any atom is 0.191 e. The highest BCUT2D eigenvalue weighted by Crippen LogP contribution is 2.20. The van der Waals surface area contributed by atoms with Gasteiger partial charge in [0, 0.05) is 19.3 Å². The minimum Gasteiger partial charge on any atom is -0.380 e. The minimum atomic E-state index is 0.187. The van der Waals surface area contributed by atoms with Gasteiger partial charge >= 0.3 is 0 Å². The number of carbonyl (C=O) groups excluding carboxylic acids is 1. The highest BCUT2D eigenvalue weighted by atomic mass is 32.2. The van der Waals surface area contributed by atoms with Crippen LogP contribution in [0.5, 0.6) is 0 Å². The highest BCUT2D eigenvalue weighted by molar-refractivity contribution is 8.14. The largest absolute Gasteiger partial charge is 0.380 e. The van der Waals surface area contributed by atoms with Crippen LogP contribution in [0.15, 0.2) is 0 Å². The molecule has 0 saturated carbocycles. The number of thioether (sulfide) groups is 1. The number of carbonyl (C=O) groups is 1. The fourth-order valence-electron chi connectivity index (χ4n) is 0.641. The SMILES string of the molecule is COC1CSC(=O)C1. The van der Waals surface area contributed by atoms with E-state index in [4.69, 9.17) is 4.74 Å². The van der Waals surface area contributed by atoms with E-state index in [1.165, 1.54) is 11.8 Å². The van der Waals surface area contributed by atoms with E-state index in [9.17, 15) is 4.79 Å². The van der Waals surface area contributed by atoms with E-state index in [1.807, 2.05) is 0 Å². The Kier molecular flexibility index (Phi) is 1.91. The van der Waals surface area contributed by atoms with Gasteiger partial charge in [-0.25, -0.2) is 0 Å². The molecule has 3 heteroatoms. The molecule has 1 aliphatic rings. The third-order valence-corrected chi connectivity index (χ3v) is 2.18. The van der Waals surface area contributed by atoms with E-state index in [2.05, 4.69) is 0 Å². The van der Waals surface area contributed by atoms with Gasteiger partial charge in [-0.2, -0.15) is 0 Å². The molecule has 8 heavy (non-hydrogen) atoms. The van der Waals surface area contributed by atoms with Gasteiger partial charge in [0.2, 0.25) is 0 Å². The van der Waals surface area contributed by atoms with Crippen molar-refractivity contribution >= 4 is 16.9 Å². The molecular weight excluding hydrogens is 124 g/mol. The summed E-state index contributed by atoms with van der Waals surface area (Å²) in [6, 6.07) is 0. The first-order chi connectivity index (χ1) is 3.83. The molecule has 0 aromatic heterocycles. The second-order valence-electron chi connectivity index (χ2n) is 1.74. The number of rotatable bonds is 1. The van der Waals surface area contributed by atoms with E-state index in [1.54, 1.807) is 7.11 Å². The fraction of sp³-hybridized carbons (Fsp3) is 0.800. The fourth-order valence-corrected chi connectivity index (χ4v) is 1.57. The van der Waals surface area contributed by atoms with Gasteiger partial charge in [0.05, 0.1) is 6.10 Å². The Labute approximate surface area is 52.6 Å². The van der Waals surface area contributed by atoms with Crippen LogP contribution in [0.4, 0.5) is 0 Å². The van der Waals surface area contributed by atoms with Crippen LogP contribution in [0, 0.1) is 0 Å². The second kappa shape index (κ2) is 2.51. The maximum atomic E-state index is 10.5. The zero-order valence-electron chi connectivity index (χ0n) is 4.72. The molecule has 1 saturated heterocycles. The predicted octanol–water partition coefficient (Wildman–Crippen LogP) is 0.665. The lowest BCUT2D eigenvalue weighted by atomic mass is 10.3. The molecular formula is C5H8O2S. The van der Waals surface area contributed by atoms with Gasteiger partial charge in [-0.15, -0.1) is 0 Å². The third kappa shape index (κ3) is 1.23. The second-order valence-corrected chi connectivity index (χ2v) is 2.82. The van der Waals surface area contributed by atoms with Crippen molar-refractivity contribution in [2.45, 2.75) is 12.5 Å². The predicted molar refractivity (Wildman–Crippen MR) is 32.9 cm³/mol. The van der Waals surface area contributed by atoms with E-state index in [0.29, 0.717) is 6.42 Å². The average Bonchev–Trinajstić information content (AvgIpc) is 2.14. The molecule has 0 amide bonds. The summed E-state index contributed by atoms with van der Waals surface area (Å²) in [6.07, 6.45) is 0.786. The molecule has 0 aromatic carbocycles. The lowest BCUT2D eigenvalue weighted by molar-refractivity contribution is -0.111. The summed E-state index contributed by atoms with van der Waals surface area (Å²) in [6.45, 7) is 0. The summed E-state index contributed by atoms with van der Waals surface area (Å²) in [4.78, 5) is 10.5. The molecule has 2 nitrogen and oxygen atoms in total. The zero-order valence-corrected chi connectivity index (χ0v) is 5.53. The summed E-state index contributed by atoms with van der Waals surface area (Å²) in [5.41, 5.74) is 0. The molecule has 1 unspecified atom stereocenters. The van der Waals surface area contributed by atoms with E-state index in [-0.39, 0.29) is 11.2 Å². The number of hydrogen-bond donors (Lipinski definition) is 0. The minimum absolute atomic E-state index is 0.187.